The van der Waals surface area contributed by atoms with Crippen molar-refractivity contribution >= 4 is 59.3 Å². The molecule has 1 saturated carbocycles. The van der Waals surface area contributed by atoms with Gasteiger partial charge in [0.1, 0.15) is 3.41 Å². The smallest absolute Gasteiger partial charge is 0.374 e. The highest BCUT2D eigenvalue weighted by Crippen LogP contribution is 2.54. The van der Waals surface area contributed by atoms with Crippen LogP contribution in [0.25, 0.3) is 0 Å². The zero-order valence-corrected chi connectivity index (χ0v) is 19.0. The molecule has 1 aliphatic rings. The van der Waals surface area contributed by atoms with Gasteiger partial charge < -0.3 is 13.3 Å². The maximum Gasteiger partial charge on any atom is 0.502 e. The molecule has 1 unspecified atom stereocenters. The second-order valence-corrected chi connectivity index (χ2v) is 12.5. The second-order valence-electron chi connectivity index (χ2n) is 6.05. The van der Waals surface area contributed by atoms with Crippen molar-refractivity contribution in [3.05, 3.63) is 0 Å². The average molecular weight is 417 g/mol. The lowest BCUT2D eigenvalue weighted by atomic mass is 9.80. The van der Waals surface area contributed by atoms with Crippen molar-refractivity contribution in [3.8, 4) is 0 Å². The molecule has 0 bridgehead atoms. The first-order valence-corrected chi connectivity index (χ1v) is 12.3. The monoisotopic (exact) mass is 416 g/mol. The van der Waals surface area contributed by atoms with Gasteiger partial charge in [-0.2, -0.15) is 50.5 Å². The van der Waals surface area contributed by atoms with Gasteiger partial charge >= 0.3 is 8.80 Å². The Balaban J connectivity index is 3.12. The van der Waals surface area contributed by atoms with Crippen LogP contribution in [0.15, 0.2) is 0 Å². The molecule has 1 rings (SSSR count). The number of hydrogen-bond donors (Lipinski definition) is 4. The number of thiol groups is 4. The van der Waals surface area contributed by atoms with Crippen molar-refractivity contribution in [1.29, 1.82) is 0 Å². The van der Waals surface area contributed by atoms with E-state index < -0.39 is 17.0 Å². The lowest BCUT2D eigenvalue weighted by Crippen LogP contribution is -2.57. The molecule has 0 amide bonds. The van der Waals surface area contributed by atoms with Gasteiger partial charge in [0, 0.05) is 25.9 Å². The largest absolute Gasteiger partial charge is 0.502 e. The van der Waals surface area contributed by atoms with E-state index >= 15 is 0 Å². The first-order valence-electron chi connectivity index (χ1n) is 8.56. The molecule has 3 nitrogen and oxygen atoms in total. The van der Waals surface area contributed by atoms with E-state index in [2.05, 4.69) is 37.9 Å². The zero-order chi connectivity index (χ0) is 17.6. The molecule has 0 aromatic carbocycles. The molecule has 1 fully saturated rings. The van der Waals surface area contributed by atoms with Crippen LogP contribution in [0, 0.1) is 5.92 Å². The summed E-state index contributed by atoms with van der Waals surface area (Å²) in [6, 6.07) is 0.569. The Morgan fingerprint density at radius 3 is 1.61 bits per heavy atom. The lowest BCUT2D eigenvalue weighted by Gasteiger charge is -2.48. The van der Waals surface area contributed by atoms with Crippen molar-refractivity contribution in [1.82, 2.24) is 0 Å². The van der Waals surface area contributed by atoms with Crippen LogP contribution >= 0.6 is 50.5 Å². The highest BCUT2D eigenvalue weighted by Gasteiger charge is 2.57. The summed E-state index contributed by atoms with van der Waals surface area (Å²) in [6.07, 6.45) is 5.93. The molecule has 138 valence electrons. The van der Waals surface area contributed by atoms with Crippen LogP contribution in [0.5, 0.6) is 0 Å². The molecule has 0 N–H and O–H groups in total. The van der Waals surface area contributed by atoms with E-state index in [9.17, 15) is 0 Å². The third kappa shape index (κ3) is 6.01. The molecule has 23 heavy (non-hydrogen) atoms. The minimum atomic E-state index is -2.85. The Morgan fingerprint density at radius 2 is 1.26 bits per heavy atom. The van der Waals surface area contributed by atoms with Gasteiger partial charge in [0.25, 0.3) is 0 Å². The third-order valence-electron chi connectivity index (χ3n) is 4.44. The number of rotatable bonds is 10. The van der Waals surface area contributed by atoms with Crippen LogP contribution in [-0.2, 0) is 13.3 Å². The SMILES string of the molecule is CCO[Si](CC(S)(C1CCCCC1)C(S)(S)S)(OCC)OCC. The van der Waals surface area contributed by atoms with Crippen molar-refractivity contribution in [2.45, 2.75) is 67.1 Å². The molecule has 0 aliphatic heterocycles. The summed E-state index contributed by atoms with van der Waals surface area (Å²) < 4.78 is 16.7. The van der Waals surface area contributed by atoms with Gasteiger partial charge in [0.05, 0.1) is 4.75 Å². The summed E-state index contributed by atoms with van der Waals surface area (Å²) in [7, 11) is -2.85. The van der Waals surface area contributed by atoms with E-state index in [0.717, 1.165) is 12.8 Å². The molecule has 0 spiro atoms. The molecule has 8 heteroatoms. The van der Waals surface area contributed by atoms with Crippen LogP contribution < -0.4 is 0 Å². The van der Waals surface area contributed by atoms with E-state index in [1.165, 1.54) is 19.3 Å². The van der Waals surface area contributed by atoms with Crippen molar-refractivity contribution in [2.75, 3.05) is 19.8 Å². The van der Waals surface area contributed by atoms with Gasteiger partial charge in [-0.1, -0.05) is 19.3 Å². The summed E-state index contributed by atoms with van der Waals surface area (Å²) in [6.45, 7) is 7.57. The van der Waals surface area contributed by atoms with E-state index in [1.54, 1.807) is 0 Å². The second kappa shape index (κ2) is 9.99. The number of hydrogen-bond acceptors (Lipinski definition) is 7. The minimum absolute atomic E-state index is 0.375. The topological polar surface area (TPSA) is 27.7 Å². The van der Waals surface area contributed by atoms with Crippen LogP contribution in [0.1, 0.15) is 52.9 Å². The Labute approximate surface area is 165 Å². The molecular weight excluding hydrogens is 385 g/mol. The van der Waals surface area contributed by atoms with Gasteiger partial charge in [-0.15, -0.1) is 0 Å². The Hall–Kier alpha value is 1.50. The third-order valence-corrected chi connectivity index (χ3v) is 10.5. The van der Waals surface area contributed by atoms with Gasteiger partial charge in [-0.25, -0.2) is 0 Å². The molecule has 0 heterocycles. The molecule has 0 aromatic heterocycles. The van der Waals surface area contributed by atoms with E-state index in [-0.39, 0.29) is 0 Å². The first-order chi connectivity index (χ1) is 10.7. The Kier molecular flexibility index (Phi) is 9.79. The molecular formula is C15H32O3S4Si. The summed E-state index contributed by atoms with van der Waals surface area (Å²) in [5.41, 5.74) is 0. The van der Waals surface area contributed by atoms with Crippen molar-refractivity contribution < 1.29 is 13.3 Å². The van der Waals surface area contributed by atoms with Gasteiger partial charge in [0.2, 0.25) is 0 Å². The standard InChI is InChI=1S/C15H32O3S4Si/c1-4-16-23(17-5-2,18-6-3)12-14(19,15(20,21)22)13-10-8-7-9-11-13/h13,19-22H,4-12H2,1-3H3. The van der Waals surface area contributed by atoms with Crippen LogP contribution in [0.2, 0.25) is 6.04 Å². The molecule has 1 atom stereocenters. The fourth-order valence-corrected chi connectivity index (χ4v) is 8.54. The summed E-state index contributed by atoms with van der Waals surface area (Å²) in [5, 5.41) is 0. The minimum Gasteiger partial charge on any atom is -0.374 e. The van der Waals surface area contributed by atoms with E-state index in [4.69, 9.17) is 25.9 Å². The molecule has 0 radical (unpaired) electrons. The highest BCUT2D eigenvalue weighted by molar-refractivity contribution is 8.18. The van der Waals surface area contributed by atoms with Crippen LogP contribution in [0.4, 0.5) is 0 Å². The van der Waals surface area contributed by atoms with Gasteiger partial charge in [-0.05, 0) is 39.5 Å². The summed E-state index contributed by atoms with van der Waals surface area (Å²) in [4.78, 5) is 0. The lowest BCUT2D eigenvalue weighted by molar-refractivity contribution is 0.0656. The quantitative estimate of drug-likeness (QED) is 0.236. The predicted molar refractivity (Wildman–Crippen MR) is 113 cm³/mol. The summed E-state index contributed by atoms with van der Waals surface area (Å²) >= 11 is 19.1. The fraction of sp³-hybridized carbons (Fsp3) is 1.00. The molecule has 0 saturated heterocycles. The molecule has 1 aliphatic carbocycles. The fourth-order valence-electron chi connectivity index (χ4n) is 3.38. The predicted octanol–water partition coefficient (Wildman–Crippen LogP) is 4.73. The van der Waals surface area contributed by atoms with Crippen molar-refractivity contribution in [3.63, 3.8) is 0 Å². The van der Waals surface area contributed by atoms with Crippen LogP contribution in [-0.4, -0.2) is 36.8 Å². The Bertz CT molecular complexity index is 331. The zero-order valence-electron chi connectivity index (χ0n) is 14.5. The average Bonchev–Trinajstić information content (AvgIpc) is 2.47. The molecule has 0 aromatic rings. The maximum atomic E-state index is 6.04. The first kappa shape index (κ1) is 22.5. The Morgan fingerprint density at radius 1 is 0.826 bits per heavy atom. The summed E-state index contributed by atoms with van der Waals surface area (Å²) in [5.74, 6) is 0.375. The van der Waals surface area contributed by atoms with Crippen molar-refractivity contribution in [2.24, 2.45) is 5.92 Å². The van der Waals surface area contributed by atoms with E-state index in [0.29, 0.717) is 31.8 Å². The van der Waals surface area contributed by atoms with Gasteiger partial charge in [-0.3, -0.25) is 0 Å². The van der Waals surface area contributed by atoms with Gasteiger partial charge in [0.15, 0.2) is 0 Å². The highest BCUT2D eigenvalue weighted by atomic mass is 32.2. The van der Waals surface area contributed by atoms with E-state index in [1.807, 2.05) is 20.8 Å². The normalized spacial score (nSPS) is 20.5. The van der Waals surface area contributed by atoms with Crippen LogP contribution in [0.3, 0.4) is 0 Å². The maximum absolute atomic E-state index is 6.04.